The summed E-state index contributed by atoms with van der Waals surface area (Å²) in [6, 6.07) is 1.06. The predicted octanol–water partition coefficient (Wildman–Crippen LogP) is 3.69. The maximum Gasteiger partial charge on any atom is 0.335 e. The summed E-state index contributed by atoms with van der Waals surface area (Å²) in [6.45, 7) is 10.5. The highest BCUT2D eigenvalue weighted by Crippen LogP contribution is 2.20. The normalized spacial score (nSPS) is 12.9. The van der Waals surface area contributed by atoms with Gasteiger partial charge in [0, 0.05) is 17.5 Å². The molecule has 0 N–H and O–H groups in total. The predicted molar refractivity (Wildman–Crippen MR) is 67.3 cm³/mol. The Morgan fingerprint density at radius 3 is 1.79 bits per heavy atom. The summed E-state index contributed by atoms with van der Waals surface area (Å²) < 4.78 is 11.9. The van der Waals surface area contributed by atoms with Crippen molar-refractivity contribution in [2.24, 2.45) is 0 Å². The lowest BCUT2D eigenvalue weighted by molar-refractivity contribution is 0.109. The lowest BCUT2D eigenvalue weighted by Crippen LogP contribution is -2.42. The summed E-state index contributed by atoms with van der Waals surface area (Å²) in [4.78, 5) is 0. The van der Waals surface area contributed by atoms with Crippen molar-refractivity contribution in [2.75, 3.05) is 5.33 Å². The lowest BCUT2D eigenvalue weighted by Gasteiger charge is -2.31. The Labute approximate surface area is 97.7 Å². The fraction of sp³-hybridized carbons (Fsp3) is 1.00. The average Bonchev–Trinajstić information content (AvgIpc) is 1.97. The molecule has 2 nitrogen and oxygen atoms in total. The molecule has 0 aliphatic heterocycles. The molecule has 0 aliphatic rings. The molecule has 0 aromatic rings. The van der Waals surface area contributed by atoms with E-state index >= 15 is 0 Å². The number of hydrogen-bond donors (Lipinski definition) is 0. The van der Waals surface area contributed by atoms with Crippen molar-refractivity contribution in [3.63, 3.8) is 0 Å². The van der Waals surface area contributed by atoms with Gasteiger partial charge in [0.2, 0.25) is 0 Å². The average molecular weight is 283 g/mol. The SMILES string of the molecule is CC(C)O[Si](C)(CCCBr)OC(C)C. The van der Waals surface area contributed by atoms with Gasteiger partial charge in [-0.25, -0.2) is 0 Å². The Morgan fingerprint density at radius 1 is 1.07 bits per heavy atom. The largest absolute Gasteiger partial charge is 0.392 e. The Hall–Kier alpha value is 0.617. The highest BCUT2D eigenvalue weighted by atomic mass is 79.9. The minimum atomic E-state index is -1.93. The van der Waals surface area contributed by atoms with E-state index in [1.165, 1.54) is 0 Å². The highest BCUT2D eigenvalue weighted by Gasteiger charge is 2.32. The summed E-state index contributed by atoms with van der Waals surface area (Å²) in [6.07, 6.45) is 1.66. The van der Waals surface area contributed by atoms with Crippen molar-refractivity contribution >= 4 is 24.5 Å². The van der Waals surface area contributed by atoms with Gasteiger partial charge in [0.15, 0.2) is 0 Å². The fourth-order valence-corrected chi connectivity index (χ4v) is 5.43. The molecular formula is C10H23BrO2Si. The van der Waals surface area contributed by atoms with Crippen molar-refractivity contribution in [3.8, 4) is 0 Å². The van der Waals surface area contributed by atoms with E-state index < -0.39 is 8.56 Å². The fourth-order valence-electron chi connectivity index (χ4n) is 1.53. The van der Waals surface area contributed by atoms with E-state index in [9.17, 15) is 0 Å². The Balaban J connectivity index is 4.17. The summed E-state index contributed by atoms with van der Waals surface area (Å²) in [5.74, 6) is 0. The number of halogens is 1. The zero-order valence-corrected chi connectivity index (χ0v) is 12.6. The molecule has 0 heterocycles. The molecule has 86 valence electrons. The quantitative estimate of drug-likeness (QED) is 0.524. The van der Waals surface area contributed by atoms with Crippen LogP contribution in [0, 0.1) is 0 Å². The molecule has 0 atom stereocenters. The zero-order valence-electron chi connectivity index (χ0n) is 9.97. The molecule has 0 spiro atoms. The van der Waals surface area contributed by atoms with Gasteiger partial charge in [-0.15, -0.1) is 0 Å². The van der Waals surface area contributed by atoms with E-state index in [0.29, 0.717) is 0 Å². The maximum atomic E-state index is 5.95. The minimum Gasteiger partial charge on any atom is -0.392 e. The smallest absolute Gasteiger partial charge is 0.335 e. The second-order valence-electron chi connectivity index (χ2n) is 4.26. The second-order valence-corrected chi connectivity index (χ2v) is 8.29. The van der Waals surface area contributed by atoms with E-state index in [1.54, 1.807) is 0 Å². The zero-order chi connectivity index (χ0) is 11.2. The maximum absolute atomic E-state index is 5.95. The number of rotatable bonds is 7. The van der Waals surface area contributed by atoms with Gasteiger partial charge in [-0.3, -0.25) is 0 Å². The third-order valence-corrected chi connectivity index (χ3v) is 5.50. The van der Waals surface area contributed by atoms with Crippen molar-refractivity contribution in [1.82, 2.24) is 0 Å². The lowest BCUT2D eigenvalue weighted by atomic mass is 10.5. The molecule has 14 heavy (non-hydrogen) atoms. The van der Waals surface area contributed by atoms with Gasteiger partial charge in [-0.1, -0.05) is 15.9 Å². The molecule has 0 saturated carbocycles. The van der Waals surface area contributed by atoms with Crippen LogP contribution in [0.1, 0.15) is 34.1 Å². The van der Waals surface area contributed by atoms with Crippen LogP contribution in [-0.2, 0) is 8.85 Å². The molecular weight excluding hydrogens is 260 g/mol. The number of hydrogen-bond acceptors (Lipinski definition) is 2. The molecule has 0 radical (unpaired) electrons. The molecule has 0 unspecified atom stereocenters. The molecule has 0 aliphatic carbocycles. The first-order valence-corrected chi connectivity index (χ1v) is 8.95. The van der Waals surface area contributed by atoms with Gasteiger partial charge in [0.25, 0.3) is 0 Å². The summed E-state index contributed by atoms with van der Waals surface area (Å²) >= 11 is 3.45. The standard InChI is InChI=1S/C10H23BrO2Si/c1-9(2)12-14(5,8-6-7-11)13-10(3)4/h9-10H,6-8H2,1-5H3. The minimum absolute atomic E-state index is 0.265. The van der Waals surface area contributed by atoms with E-state index in [2.05, 4.69) is 50.2 Å². The highest BCUT2D eigenvalue weighted by molar-refractivity contribution is 9.09. The molecule has 0 amide bonds. The van der Waals surface area contributed by atoms with E-state index in [0.717, 1.165) is 17.8 Å². The molecule has 0 aromatic carbocycles. The third kappa shape index (κ3) is 6.98. The monoisotopic (exact) mass is 282 g/mol. The molecule has 4 heteroatoms. The first kappa shape index (κ1) is 14.6. The van der Waals surface area contributed by atoms with E-state index in [1.807, 2.05) is 0 Å². The molecule has 0 bridgehead atoms. The van der Waals surface area contributed by atoms with Crippen LogP contribution in [0.4, 0.5) is 0 Å². The van der Waals surface area contributed by atoms with Crippen molar-refractivity contribution < 1.29 is 8.85 Å². The van der Waals surface area contributed by atoms with Crippen LogP contribution < -0.4 is 0 Å². The Morgan fingerprint density at radius 2 is 1.50 bits per heavy atom. The van der Waals surface area contributed by atoms with Crippen LogP contribution in [-0.4, -0.2) is 26.1 Å². The van der Waals surface area contributed by atoms with Crippen LogP contribution in [0.5, 0.6) is 0 Å². The van der Waals surface area contributed by atoms with E-state index in [-0.39, 0.29) is 12.2 Å². The first-order valence-electron chi connectivity index (χ1n) is 5.31. The van der Waals surface area contributed by atoms with Gasteiger partial charge < -0.3 is 8.85 Å². The van der Waals surface area contributed by atoms with Crippen LogP contribution in [0.3, 0.4) is 0 Å². The summed E-state index contributed by atoms with van der Waals surface area (Å²) in [5.41, 5.74) is 0. The van der Waals surface area contributed by atoms with E-state index in [4.69, 9.17) is 8.85 Å². The topological polar surface area (TPSA) is 18.5 Å². The van der Waals surface area contributed by atoms with Crippen molar-refractivity contribution in [2.45, 2.75) is 58.9 Å². The summed E-state index contributed by atoms with van der Waals surface area (Å²) in [5, 5.41) is 1.03. The Kier molecular flexibility index (Phi) is 7.29. The Bertz CT molecular complexity index is 141. The van der Waals surface area contributed by atoms with Crippen molar-refractivity contribution in [1.29, 1.82) is 0 Å². The number of alkyl halides is 1. The molecule has 0 rings (SSSR count). The molecule has 0 saturated heterocycles. The third-order valence-electron chi connectivity index (χ3n) is 1.73. The van der Waals surface area contributed by atoms with Gasteiger partial charge in [0.1, 0.15) is 0 Å². The summed E-state index contributed by atoms with van der Waals surface area (Å²) in [7, 11) is -1.93. The van der Waals surface area contributed by atoms with Crippen molar-refractivity contribution in [3.05, 3.63) is 0 Å². The van der Waals surface area contributed by atoms with Crippen LogP contribution >= 0.6 is 15.9 Å². The van der Waals surface area contributed by atoms with Crippen LogP contribution in [0.15, 0.2) is 0 Å². The van der Waals surface area contributed by atoms with Gasteiger partial charge in [-0.05, 0) is 46.7 Å². The van der Waals surface area contributed by atoms with Gasteiger partial charge in [0.05, 0.1) is 0 Å². The molecule has 0 fully saturated rings. The molecule has 0 aromatic heterocycles. The van der Waals surface area contributed by atoms with Gasteiger partial charge >= 0.3 is 8.56 Å². The second kappa shape index (κ2) is 6.98. The van der Waals surface area contributed by atoms with Gasteiger partial charge in [-0.2, -0.15) is 0 Å². The van der Waals surface area contributed by atoms with Crippen LogP contribution in [0.2, 0.25) is 12.6 Å². The first-order chi connectivity index (χ1) is 6.39. The van der Waals surface area contributed by atoms with Crippen LogP contribution in [0.25, 0.3) is 0 Å².